The van der Waals surface area contributed by atoms with E-state index in [-0.39, 0.29) is 34.3 Å². The number of nitrogens with two attached hydrogens (primary N) is 1. The van der Waals surface area contributed by atoms with Crippen LogP contribution < -0.4 is 20.7 Å². The van der Waals surface area contributed by atoms with Crippen molar-refractivity contribution in [1.82, 2.24) is 10.2 Å². The quantitative estimate of drug-likeness (QED) is 0.322. The van der Waals surface area contributed by atoms with Gasteiger partial charge in [0, 0.05) is 23.4 Å². The van der Waals surface area contributed by atoms with Crippen LogP contribution in [0.15, 0.2) is 67.8 Å². The van der Waals surface area contributed by atoms with Crippen LogP contribution in [0.4, 0.5) is 10.8 Å². The number of allylic oxidation sites excluding steroid dienone is 3. The number of nitrogens with one attached hydrogen (secondary N) is 1. The highest BCUT2D eigenvalue weighted by Crippen LogP contribution is 2.51. The number of benzene rings is 1. The first-order chi connectivity index (χ1) is 19.6. The third-order valence-corrected chi connectivity index (χ3v) is 8.83. The Morgan fingerprint density at radius 1 is 1.27 bits per heavy atom. The molecule has 3 aromatic rings. The summed E-state index contributed by atoms with van der Waals surface area (Å²) < 4.78 is 11.9. The van der Waals surface area contributed by atoms with Crippen LogP contribution in [0.2, 0.25) is 0 Å². The summed E-state index contributed by atoms with van der Waals surface area (Å²) in [4.78, 5) is 27.8. The van der Waals surface area contributed by atoms with E-state index in [9.17, 15) is 14.9 Å². The fraction of sp³-hybridized carbons (Fsp3) is 0.345. The molecule has 1 aliphatic heterocycles. The molecule has 1 amide bonds. The van der Waals surface area contributed by atoms with Crippen molar-refractivity contribution >= 4 is 45.6 Å². The van der Waals surface area contributed by atoms with Crippen LogP contribution in [0.5, 0.6) is 5.75 Å². The Labute approximate surface area is 246 Å². The number of aryl methyl sites for hydroxylation is 1. The highest BCUT2D eigenvalue weighted by atomic mass is 32.2. The number of ether oxygens (including phenoxy) is 1. The maximum absolute atomic E-state index is 13.6. The van der Waals surface area contributed by atoms with Gasteiger partial charge in [0.15, 0.2) is 10.1 Å². The number of thioether (sulfide) groups is 1. The molecule has 3 N–H and O–H groups in total. The second-order valence-corrected chi connectivity index (χ2v) is 12.8. The molecule has 212 valence electrons. The second kappa shape index (κ2) is 11.4. The molecule has 0 spiro atoms. The number of Topliss-reactive ketones (excluding diaryl/α,β-unsaturated/α-hetero) is 1. The van der Waals surface area contributed by atoms with Gasteiger partial charge in [-0.15, -0.1) is 10.2 Å². The predicted molar refractivity (Wildman–Crippen MR) is 157 cm³/mol. The Morgan fingerprint density at radius 2 is 2.02 bits per heavy atom. The summed E-state index contributed by atoms with van der Waals surface area (Å²) in [6, 6.07) is 13.0. The van der Waals surface area contributed by atoms with Gasteiger partial charge in [-0.25, -0.2) is 0 Å². The first-order valence-electron chi connectivity index (χ1n) is 13.1. The molecule has 1 atom stereocenters. The van der Waals surface area contributed by atoms with Crippen LogP contribution >= 0.6 is 23.1 Å². The molecule has 2 aliphatic rings. The van der Waals surface area contributed by atoms with Crippen LogP contribution in [0, 0.1) is 23.7 Å². The Balaban J connectivity index is 1.40. The number of aromatic nitrogens is 2. The average Bonchev–Trinajstić information content (AvgIpc) is 3.56. The van der Waals surface area contributed by atoms with E-state index in [0.717, 1.165) is 5.75 Å². The van der Waals surface area contributed by atoms with E-state index in [1.54, 1.807) is 35.2 Å². The van der Waals surface area contributed by atoms with Gasteiger partial charge in [0.1, 0.15) is 23.1 Å². The van der Waals surface area contributed by atoms with Gasteiger partial charge in [-0.05, 0) is 62.1 Å². The van der Waals surface area contributed by atoms with Crippen molar-refractivity contribution in [2.75, 3.05) is 22.6 Å². The fourth-order valence-electron chi connectivity index (χ4n) is 5.10. The Kier molecular flexibility index (Phi) is 7.93. The Bertz CT molecular complexity index is 1600. The van der Waals surface area contributed by atoms with Crippen LogP contribution in [0.25, 0.3) is 0 Å². The zero-order valence-electron chi connectivity index (χ0n) is 23.2. The molecule has 0 radical (unpaired) electrons. The predicted octanol–water partition coefficient (Wildman–Crippen LogP) is 5.51. The molecule has 0 saturated carbocycles. The fourth-order valence-corrected chi connectivity index (χ4v) is 6.78. The van der Waals surface area contributed by atoms with Crippen molar-refractivity contribution in [1.29, 1.82) is 5.26 Å². The van der Waals surface area contributed by atoms with Gasteiger partial charge < -0.3 is 20.2 Å². The summed E-state index contributed by atoms with van der Waals surface area (Å²) in [6.45, 7) is 8.36. The van der Waals surface area contributed by atoms with Crippen LogP contribution in [0.1, 0.15) is 51.1 Å². The van der Waals surface area contributed by atoms with E-state index in [2.05, 4.69) is 21.6 Å². The number of nitrogens with zero attached hydrogens (tertiary/aromatic N) is 4. The van der Waals surface area contributed by atoms with Crippen molar-refractivity contribution in [3.8, 4) is 11.8 Å². The molecule has 1 aliphatic carbocycles. The third kappa shape index (κ3) is 5.87. The highest BCUT2D eigenvalue weighted by molar-refractivity contribution is 8.01. The zero-order chi connectivity index (χ0) is 29.3. The van der Waals surface area contributed by atoms with Crippen molar-refractivity contribution in [2.45, 2.75) is 50.8 Å². The number of carbonyl (C=O) groups is 2. The van der Waals surface area contributed by atoms with Gasteiger partial charge in [0.2, 0.25) is 11.0 Å². The number of nitriles is 1. The molecule has 1 unspecified atom stereocenters. The molecule has 0 bridgehead atoms. The smallest absolute Gasteiger partial charge is 0.234 e. The van der Waals surface area contributed by atoms with Gasteiger partial charge in [0.25, 0.3) is 0 Å². The molecule has 41 heavy (non-hydrogen) atoms. The lowest BCUT2D eigenvalue weighted by Crippen LogP contribution is -2.42. The summed E-state index contributed by atoms with van der Waals surface area (Å²) in [7, 11) is 0. The molecule has 3 heterocycles. The Hall–Kier alpha value is -4.08. The Morgan fingerprint density at radius 3 is 2.68 bits per heavy atom. The normalized spacial score (nSPS) is 18.3. The number of amides is 1. The number of carbonyl (C=O) groups excluding carboxylic acids is 2. The molecule has 2 aromatic heterocycles. The van der Waals surface area contributed by atoms with E-state index in [1.165, 1.54) is 23.1 Å². The van der Waals surface area contributed by atoms with E-state index >= 15 is 0 Å². The lowest BCUT2D eigenvalue weighted by Gasteiger charge is -2.42. The molecule has 1 aromatic carbocycles. The molecular weight excluding hydrogens is 560 g/mol. The number of hydrogen-bond donors (Lipinski definition) is 2. The molecule has 5 rings (SSSR count). The van der Waals surface area contributed by atoms with Gasteiger partial charge in [-0.3, -0.25) is 14.5 Å². The van der Waals surface area contributed by atoms with Crippen LogP contribution in [-0.4, -0.2) is 34.2 Å². The summed E-state index contributed by atoms with van der Waals surface area (Å²) in [6.07, 6.45) is 0.894. The summed E-state index contributed by atoms with van der Waals surface area (Å²) in [5, 5.41) is 22.1. The minimum Gasteiger partial charge on any atom is -0.494 e. The first kappa shape index (κ1) is 28.4. The molecule has 0 fully saturated rings. The summed E-state index contributed by atoms with van der Waals surface area (Å²) in [5.74, 6) is 1.31. The van der Waals surface area contributed by atoms with Crippen molar-refractivity contribution in [3.05, 3.63) is 70.6 Å². The lowest BCUT2D eigenvalue weighted by atomic mass is 9.69. The summed E-state index contributed by atoms with van der Waals surface area (Å²) in [5.41, 5.74) is 8.42. The van der Waals surface area contributed by atoms with Crippen molar-refractivity contribution in [3.63, 3.8) is 0 Å². The number of rotatable bonds is 8. The van der Waals surface area contributed by atoms with E-state index < -0.39 is 5.92 Å². The minimum atomic E-state index is -0.684. The topological polar surface area (TPSA) is 147 Å². The van der Waals surface area contributed by atoms with Crippen molar-refractivity contribution in [2.24, 2.45) is 11.1 Å². The SMILES string of the molecule is CCOc1ccc(NC(=O)CSc2nnc(N3C(N)=C(C#N)C(c4ccc(C)o4)C4=C3CC(C)(C)CC4=O)s2)cc1. The number of hydrogen-bond acceptors (Lipinski definition) is 11. The van der Waals surface area contributed by atoms with Gasteiger partial charge in [-0.1, -0.05) is 36.9 Å². The van der Waals surface area contributed by atoms with E-state index in [4.69, 9.17) is 14.9 Å². The lowest BCUT2D eigenvalue weighted by molar-refractivity contribution is -0.118. The largest absolute Gasteiger partial charge is 0.494 e. The number of furan rings is 1. The average molecular weight is 591 g/mol. The zero-order valence-corrected chi connectivity index (χ0v) is 24.8. The van der Waals surface area contributed by atoms with Gasteiger partial charge >= 0.3 is 0 Å². The van der Waals surface area contributed by atoms with Crippen molar-refractivity contribution < 1.29 is 18.7 Å². The number of anilines is 2. The summed E-state index contributed by atoms with van der Waals surface area (Å²) >= 11 is 2.49. The highest BCUT2D eigenvalue weighted by Gasteiger charge is 2.46. The van der Waals surface area contributed by atoms with Crippen LogP contribution in [-0.2, 0) is 9.59 Å². The second-order valence-electron chi connectivity index (χ2n) is 10.6. The first-order valence-corrected chi connectivity index (χ1v) is 14.9. The van der Waals surface area contributed by atoms with Gasteiger partial charge in [-0.2, -0.15) is 5.26 Å². The maximum Gasteiger partial charge on any atom is 0.234 e. The maximum atomic E-state index is 13.6. The van der Waals surface area contributed by atoms with E-state index in [0.29, 0.717) is 57.4 Å². The third-order valence-electron chi connectivity index (χ3n) is 6.79. The van der Waals surface area contributed by atoms with Gasteiger partial charge in [0.05, 0.1) is 29.9 Å². The molecule has 12 heteroatoms. The molecular formula is C29H30N6O4S2. The molecule has 0 saturated heterocycles. The molecule has 10 nitrogen and oxygen atoms in total. The van der Waals surface area contributed by atoms with Crippen LogP contribution in [0.3, 0.4) is 0 Å². The monoisotopic (exact) mass is 590 g/mol. The van der Waals surface area contributed by atoms with E-state index in [1.807, 2.05) is 33.8 Å². The minimum absolute atomic E-state index is 0.0503. The standard InChI is InChI=1S/C29H30N6O4S2/c1-5-38-18-9-7-17(8-10-18)32-23(37)15-40-28-34-33-27(41-28)35-20-12-29(3,4)13-21(36)25(20)24(19(14-30)26(35)31)22-11-6-16(2)39-22/h6-11,24H,5,12-13,15,31H2,1-4H3,(H,32,37). The number of ketones is 1.